The quantitative estimate of drug-likeness (QED) is 0.840. The highest BCUT2D eigenvalue weighted by atomic mass is 16.2. The van der Waals surface area contributed by atoms with E-state index in [2.05, 4.69) is 63.5 Å². The lowest BCUT2D eigenvalue weighted by Gasteiger charge is -2.16. The molecule has 1 unspecified atom stereocenters. The molecule has 1 atom stereocenters. The van der Waals surface area contributed by atoms with Gasteiger partial charge < -0.3 is 10.2 Å². The van der Waals surface area contributed by atoms with Crippen LogP contribution in [-0.2, 0) is 17.9 Å². The van der Waals surface area contributed by atoms with Crippen molar-refractivity contribution in [2.24, 2.45) is 0 Å². The molecule has 1 amide bonds. The second kappa shape index (κ2) is 7.93. The van der Waals surface area contributed by atoms with Gasteiger partial charge in [0.15, 0.2) is 6.54 Å². The van der Waals surface area contributed by atoms with Crippen molar-refractivity contribution in [3.8, 4) is 0 Å². The Morgan fingerprint density at radius 3 is 2.43 bits per heavy atom. The molecule has 0 fully saturated rings. The number of rotatable bonds is 6. The molecule has 0 heterocycles. The first kappa shape index (κ1) is 17.2. The van der Waals surface area contributed by atoms with Crippen LogP contribution in [0.4, 0.5) is 0 Å². The van der Waals surface area contributed by atoms with E-state index in [1.165, 1.54) is 32.7 Å². The molecule has 0 saturated carbocycles. The SMILES string of the molecule is Cc1ccc(C[NH+](C)CC(=O)NCc2ccccc2C)c(C)c1. The number of quaternary nitrogens is 1. The zero-order chi connectivity index (χ0) is 16.8. The summed E-state index contributed by atoms with van der Waals surface area (Å²) >= 11 is 0. The Balaban J connectivity index is 1.84. The highest BCUT2D eigenvalue weighted by molar-refractivity contribution is 5.76. The van der Waals surface area contributed by atoms with Crippen LogP contribution < -0.4 is 10.2 Å². The van der Waals surface area contributed by atoms with Gasteiger partial charge in [-0.15, -0.1) is 0 Å². The highest BCUT2D eigenvalue weighted by Gasteiger charge is 2.12. The number of benzene rings is 2. The van der Waals surface area contributed by atoms with E-state index in [9.17, 15) is 4.79 Å². The van der Waals surface area contributed by atoms with Crippen LogP contribution in [-0.4, -0.2) is 19.5 Å². The summed E-state index contributed by atoms with van der Waals surface area (Å²) in [6.07, 6.45) is 0. The molecule has 0 bridgehead atoms. The van der Waals surface area contributed by atoms with Gasteiger partial charge in [-0.3, -0.25) is 4.79 Å². The van der Waals surface area contributed by atoms with Crippen molar-refractivity contribution in [1.82, 2.24) is 5.32 Å². The van der Waals surface area contributed by atoms with Crippen molar-refractivity contribution in [2.45, 2.75) is 33.9 Å². The van der Waals surface area contributed by atoms with Gasteiger partial charge in [-0.05, 0) is 37.5 Å². The van der Waals surface area contributed by atoms with Crippen molar-refractivity contribution in [3.63, 3.8) is 0 Å². The van der Waals surface area contributed by atoms with E-state index in [0.717, 1.165) is 6.54 Å². The summed E-state index contributed by atoms with van der Waals surface area (Å²) in [5.74, 6) is 0.0931. The summed E-state index contributed by atoms with van der Waals surface area (Å²) in [7, 11) is 2.06. The summed E-state index contributed by atoms with van der Waals surface area (Å²) in [5.41, 5.74) is 6.26. The number of hydrogen-bond acceptors (Lipinski definition) is 1. The van der Waals surface area contributed by atoms with Crippen molar-refractivity contribution in [3.05, 3.63) is 70.3 Å². The van der Waals surface area contributed by atoms with Gasteiger partial charge in [0, 0.05) is 12.1 Å². The third-order valence-corrected chi connectivity index (χ3v) is 4.19. The fourth-order valence-corrected chi connectivity index (χ4v) is 2.77. The standard InChI is InChI=1S/C20H26N2O/c1-15-9-10-19(17(3)11-15)13-22(4)14-20(23)21-12-18-8-6-5-7-16(18)2/h5-11H,12-14H2,1-4H3,(H,21,23)/p+1. The summed E-state index contributed by atoms with van der Waals surface area (Å²) in [4.78, 5) is 13.3. The van der Waals surface area contributed by atoms with Gasteiger partial charge >= 0.3 is 0 Å². The lowest BCUT2D eigenvalue weighted by Crippen LogP contribution is -3.08. The molecular weight excluding hydrogens is 284 g/mol. The second-order valence-corrected chi connectivity index (χ2v) is 6.44. The average molecular weight is 311 g/mol. The van der Waals surface area contributed by atoms with E-state index in [1.807, 2.05) is 12.1 Å². The first-order valence-electron chi connectivity index (χ1n) is 8.14. The third kappa shape index (κ3) is 5.22. The minimum absolute atomic E-state index is 0.0931. The number of amides is 1. The Labute approximate surface area is 139 Å². The number of hydrogen-bond donors (Lipinski definition) is 2. The monoisotopic (exact) mass is 311 g/mol. The van der Waals surface area contributed by atoms with Crippen LogP contribution >= 0.6 is 0 Å². The fraction of sp³-hybridized carbons (Fsp3) is 0.350. The van der Waals surface area contributed by atoms with E-state index in [0.29, 0.717) is 13.1 Å². The topological polar surface area (TPSA) is 33.5 Å². The van der Waals surface area contributed by atoms with E-state index in [4.69, 9.17) is 0 Å². The number of nitrogens with one attached hydrogen (secondary N) is 2. The number of likely N-dealkylation sites (N-methyl/N-ethyl adjacent to an activating group) is 1. The fourth-order valence-electron chi connectivity index (χ4n) is 2.77. The minimum atomic E-state index is 0.0931. The summed E-state index contributed by atoms with van der Waals surface area (Å²) in [6, 6.07) is 14.6. The second-order valence-electron chi connectivity index (χ2n) is 6.44. The molecule has 2 N–H and O–H groups in total. The highest BCUT2D eigenvalue weighted by Crippen LogP contribution is 2.09. The Morgan fingerprint density at radius 1 is 1.00 bits per heavy atom. The van der Waals surface area contributed by atoms with E-state index in [-0.39, 0.29) is 5.91 Å². The van der Waals surface area contributed by atoms with Crippen molar-refractivity contribution >= 4 is 5.91 Å². The predicted octanol–water partition coefficient (Wildman–Crippen LogP) is 1.94. The molecule has 0 saturated heterocycles. The molecule has 0 aliphatic carbocycles. The lowest BCUT2D eigenvalue weighted by molar-refractivity contribution is -0.885. The van der Waals surface area contributed by atoms with Crippen LogP contribution in [0.1, 0.15) is 27.8 Å². The summed E-state index contributed by atoms with van der Waals surface area (Å²) in [6.45, 7) is 8.25. The van der Waals surface area contributed by atoms with E-state index < -0.39 is 0 Å². The zero-order valence-corrected chi connectivity index (χ0v) is 14.6. The molecule has 3 heteroatoms. The summed E-state index contributed by atoms with van der Waals surface area (Å²) < 4.78 is 0. The van der Waals surface area contributed by atoms with Crippen LogP contribution in [0.3, 0.4) is 0 Å². The van der Waals surface area contributed by atoms with Gasteiger partial charge in [0.25, 0.3) is 5.91 Å². The van der Waals surface area contributed by atoms with Crippen LogP contribution in [0.15, 0.2) is 42.5 Å². The molecule has 122 valence electrons. The van der Waals surface area contributed by atoms with Gasteiger partial charge in [-0.1, -0.05) is 48.0 Å². The van der Waals surface area contributed by atoms with Crippen LogP contribution in [0.2, 0.25) is 0 Å². The van der Waals surface area contributed by atoms with Gasteiger partial charge in [0.05, 0.1) is 7.05 Å². The van der Waals surface area contributed by atoms with Gasteiger partial charge in [-0.2, -0.15) is 0 Å². The maximum Gasteiger partial charge on any atom is 0.275 e. The molecule has 2 aromatic carbocycles. The van der Waals surface area contributed by atoms with Gasteiger partial charge in [0.2, 0.25) is 0 Å². The average Bonchev–Trinajstić information content (AvgIpc) is 2.49. The molecule has 23 heavy (non-hydrogen) atoms. The van der Waals surface area contributed by atoms with Gasteiger partial charge in [0.1, 0.15) is 6.54 Å². The van der Waals surface area contributed by atoms with Crippen molar-refractivity contribution < 1.29 is 9.69 Å². The maximum absolute atomic E-state index is 12.1. The van der Waals surface area contributed by atoms with Crippen LogP contribution in [0.25, 0.3) is 0 Å². The zero-order valence-electron chi connectivity index (χ0n) is 14.6. The largest absolute Gasteiger partial charge is 0.347 e. The van der Waals surface area contributed by atoms with Crippen LogP contribution in [0.5, 0.6) is 0 Å². The molecule has 0 aliphatic heterocycles. The Kier molecular flexibility index (Phi) is 5.94. The first-order valence-corrected chi connectivity index (χ1v) is 8.14. The minimum Gasteiger partial charge on any atom is -0.347 e. The molecule has 2 aromatic rings. The first-order chi connectivity index (χ1) is 11.0. The lowest BCUT2D eigenvalue weighted by atomic mass is 10.1. The maximum atomic E-state index is 12.1. The summed E-state index contributed by atoms with van der Waals surface area (Å²) in [5, 5.41) is 3.02. The third-order valence-electron chi connectivity index (χ3n) is 4.19. The van der Waals surface area contributed by atoms with E-state index >= 15 is 0 Å². The molecule has 0 radical (unpaired) electrons. The molecule has 0 aromatic heterocycles. The predicted molar refractivity (Wildman–Crippen MR) is 94.4 cm³/mol. The smallest absolute Gasteiger partial charge is 0.275 e. The normalized spacial score (nSPS) is 12.0. The van der Waals surface area contributed by atoms with Crippen LogP contribution in [0, 0.1) is 20.8 Å². The molecule has 2 rings (SSSR count). The van der Waals surface area contributed by atoms with Crippen molar-refractivity contribution in [1.29, 1.82) is 0 Å². The van der Waals surface area contributed by atoms with Gasteiger partial charge in [-0.25, -0.2) is 0 Å². The molecular formula is C20H27N2O+. The Bertz CT molecular complexity index is 679. The molecule has 0 spiro atoms. The number of aryl methyl sites for hydroxylation is 3. The molecule has 0 aliphatic rings. The number of carbonyl (C=O) groups excluding carboxylic acids is 1. The molecule has 3 nitrogen and oxygen atoms in total. The number of carbonyl (C=O) groups is 1. The van der Waals surface area contributed by atoms with Crippen molar-refractivity contribution in [2.75, 3.05) is 13.6 Å². The van der Waals surface area contributed by atoms with E-state index in [1.54, 1.807) is 0 Å². The Morgan fingerprint density at radius 2 is 1.74 bits per heavy atom. The Hall–Kier alpha value is -2.13.